The van der Waals surface area contributed by atoms with Crippen molar-refractivity contribution in [1.29, 1.82) is 0 Å². The van der Waals surface area contributed by atoms with E-state index in [1.165, 1.54) is 15.6 Å². The number of hydrogen-bond acceptors (Lipinski definition) is 3. The minimum Gasteiger partial charge on any atom is -0.251 e. The zero-order valence-electron chi connectivity index (χ0n) is 10.0. The summed E-state index contributed by atoms with van der Waals surface area (Å²) >= 11 is 1.74. The molecule has 0 fully saturated rings. The fourth-order valence-electron chi connectivity index (χ4n) is 2.01. The minimum absolute atomic E-state index is 0.942. The predicted octanol–water partition coefficient (Wildman–Crippen LogP) is 3.97. The van der Waals surface area contributed by atoms with E-state index in [0.717, 1.165) is 28.9 Å². The maximum atomic E-state index is 4.64. The third-order valence-electron chi connectivity index (χ3n) is 3.07. The maximum absolute atomic E-state index is 4.64. The van der Waals surface area contributed by atoms with Crippen LogP contribution < -0.4 is 0 Å². The smallest absolute Gasteiger partial charge is 0.143 e. The van der Waals surface area contributed by atoms with Crippen LogP contribution in [0.5, 0.6) is 0 Å². The molecule has 0 saturated carbocycles. The second kappa shape index (κ2) is 4.08. The van der Waals surface area contributed by atoms with Crippen molar-refractivity contribution < 1.29 is 0 Å². The summed E-state index contributed by atoms with van der Waals surface area (Å²) in [5.41, 5.74) is 3.48. The van der Waals surface area contributed by atoms with Gasteiger partial charge in [0.25, 0.3) is 0 Å². The Balaban J connectivity index is 2.34. The van der Waals surface area contributed by atoms with Crippen molar-refractivity contribution in [3.63, 3.8) is 0 Å². The van der Waals surface area contributed by atoms with Crippen molar-refractivity contribution in [2.45, 2.75) is 26.7 Å². The highest BCUT2D eigenvalue weighted by molar-refractivity contribution is 7.25. The van der Waals surface area contributed by atoms with Gasteiger partial charge in [0.05, 0.1) is 5.69 Å². The van der Waals surface area contributed by atoms with Crippen LogP contribution in [0.4, 0.5) is 0 Å². The Morgan fingerprint density at radius 2 is 2.06 bits per heavy atom. The largest absolute Gasteiger partial charge is 0.251 e. The Labute approximate surface area is 104 Å². The fourth-order valence-corrected chi connectivity index (χ4v) is 3.04. The van der Waals surface area contributed by atoms with Gasteiger partial charge in [0.2, 0.25) is 0 Å². The number of aryl methyl sites for hydroxylation is 2. The van der Waals surface area contributed by atoms with Gasteiger partial charge in [0.15, 0.2) is 0 Å². The first-order valence-electron chi connectivity index (χ1n) is 5.99. The van der Waals surface area contributed by atoms with Gasteiger partial charge in [-0.25, -0.2) is 4.98 Å². The SMILES string of the molecule is CCc1ccc2sc3nc(CC)cnc3c2c1. The third kappa shape index (κ3) is 1.71. The van der Waals surface area contributed by atoms with E-state index >= 15 is 0 Å². The van der Waals surface area contributed by atoms with E-state index in [4.69, 9.17) is 0 Å². The predicted molar refractivity (Wildman–Crippen MR) is 73.7 cm³/mol. The molecular formula is C14H14N2S. The molecule has 3 aromatic rings. The molecule has 0 N–H and O–H groups in total. The lowest BCUT2D eigenvalue weighted by Crippen LogP contribution is -1.87. The first-order chi connectivity index (χ1) is 8.31. The van der Waals surface area contributed by atoms with Crippen LogP contribution >= 0.6 is 11.3 Å². The highest BCUT2D eigenvalue weighted by Crippen LogP contribution is 2.31. The topological polar surface area (TPSA) is 25.8 Å². The van der Waals surface area contributed by atoms with Crippen LogP contribution in [0.2, 0.25) is 0 Å². The van der Waals surface area contributed by atoms with E-state index in [-0.39, 0.29) is 0 Å². The molecular weight excluding hydrogens is 228 g/mol. The highest BCUT2D eigenvalue weighted by Gasteiger charge is 2.08. The van der Waals surface area contributed by atoms with E-state index in [9.17, 15) is 0 Å². The molecule has 3 heteroatoms. The van der Waals surface area contributed by atoms with Crippen LogP contribution in [0.1, 0.15) is 25.1 Å². The molecule has 1 aromatic carbocycles. The minimum atomic E-state index is 0.942. The molecule has 0 unspecified atom stereocenters. The third-order valence-corrected chi connectivity index (χ3v) is 4.12. The van der Waals surface area contributed by atoms with E-state index < -0.39 is 0 Å². The number of benzene rings is 1. The van der Waals surface area contributed by atoms with Crippen LogP contribution in [0.3, 0.4) is 0 Å². The van der Waals surface area contributed by atoms with Gasteiger partial charge in [-0.2, -0.15) is 0 Å². The standard InChI is InChI=1S/C14H14N2S/c1-3-9-5-6-12-11(7-9)13-14(17-12)16-10(4-2)8-15-13/h5-8H,3-4H2,1-2H3. The van der Waals surface area contributed by atoms with Crippen molar-refractivity contribution in [2.24, 2.45) is 0 Å². The van der Waals surface area contributed by atoms with Crippen LogP contribution in [0.15, 0.2) is 24.4 Å². The number of thiophene rings is 1. The summed E-state index contributed by atoms with van der Waals surface area (Å²) < 4.78 is 1.28. The normalized spacial score (nSPS) is 11.4. The molecule has 0 bridgehead atoms. The van der Waals surface area contributed by atoms with E-state index in [1.807, 2.05) is 6.20 Å². The lowest BCUT2D eigenvalue weighted by Gasteiger charge is -1.97. The summed E-state index contributed by atoms with van der Waals surface area (Å²) in [5.74, 6) is 0. The molecule has 3 rings (SSSR count). The summed E-state index contributed by atoms with van der Waals surface area (Å²) in [7, 11) is 0. The second-order valence-electron chi connectivity index (χ2n) is 4.15. The van der Waals surface area contributed by atoms with Crippen LogP contribution in [0, 0.1) is 0 Å². The zero-order chi connectivity index (χ0) is 11.8. The quantitative estimate of drug-likeness (QED) is 0.679. The molecule has 17 heavy (non-hydrogen) atoms. The molecule has 0 aliphatic carbocycles. The molecule has 0 saturated heterocycles. The lowest BCUT2D eigenvalue weighted by molar-refractivity contribution is 1.04. The van der Waals surface area contributed by atoms with Crippen molar-refractivity contribution in [3.8, 4) is 0 Å². The van der Waals surface area contributed by atoms with Crippen LogP contribution in [-0.4, -0.2) is 9.97 Å². The molecule has 2 nitrogen and oxygen atoms in total. The average molecular weight is 242 g/mol. The molecule has 86 valence electrons. The van der Waals surface area contributed by atoms with Gasteiger partial charge in [-0.1, -0.05) is 19.9 Å². The van der Waals surface area contributed by atoms with Crippen LogP contribution in [0.25, 0.3) is 20.4 Å². The Hall–Kier alpha value is -1.48. The maximum Gasteiger partial charge on any atom is 0.143 e. The Morgan fingerprint density at radius 3 is 2.82 bits per heavy atom. The number of rotatable bonds is 2. The zero-order valence-corrected chi connectivity index (χ0v) is 10.8. The fraction of sp³-hybridized carbons (Fsp3) is 0.286. The molecule has 2 heterocycles. The molecule has 2 aromatic heterocycles. The van der Waals surface area contributed by atoms with Gasteiger partial charge in [-0.3, -0.25) is 4.98 Å². The van der Waals surface area contributed by atoms with Crippen molar-refractivity contribution in [1.82, 2.24) is 9.97 Å². The monoisotopic (exact) mass is 242 g/mol. The number of hydrogen-bond donors (Lipinski definition) is 0. The lowest BCUT2D eigenvalue weighted by atomic mass is 10.1. The number of aromatic nitrogens is 2. The Bertz CT molecular complexity index is 685. The molecule has 0 atom stereocenters. The van der Waals surface area contributed by atoms with Gasteiger partial charge in [0.1, 0.15) is 10.3 Å². The Kier molecular flexibility index (Phi) is 2.56. The molecule has 0 aliphatic heterocycles. The summed E-state index contributed by atoms with van der Waals surface area (Å²) in [4.78, 5) is 10.3. The summed E-state index contributed by atoms with van der Waals surface area (Å²) in [6, 6.07) is 6.63. The average Bonchev–Trinajstić information content (AvgIpc) is 2.74. The van der Waals surface area contributed by atoms with Gasteiger partial charge in [0, 0.05) is 16.3 Å². The summed E-state index contributed by atoms with van der Waals surface area (Å²) in [5, 5.41) is 1.25. The van der Waals surface area contributed by atoms with Gasteiger partial charge >= 0.3 is 0 Å². The molecule has 0 radical (unpaired) electrons. The van der Waals surface area contributed by atoms with Gasteiger partial charge in [-0.15, -0.1) is 11.3 Å². The highest BCUT2D eigenvalue weighted by atomic mass is 32.1. The number of nitrogens with zero attached hydrogens (tertiary/aromatic N) is 2. The van der Waals surface area contributed by atoms with Crippen LogP contribution in [-0.2, 0) is 12.8 Å². The second-order valence-corrected chi connectivity index (χ2v) is 5.19. The molecule has 0 spiro atoms. The van der Waals surface area contributed by atoms with Crippen molar-refractivity contribution >= 4 is 31.8 Å². The van der Waals surface area contributed by atoms with Gasteiger partial charge in [-0.05, 0) is 30.5 Å². The van der Waals surface area contributed by atoms with E-state index in [2.05, 4.69) is 42.0 Å². The first-order valence-corrected chi connectivity index (χ1v) is 6.80. The molecule has 0 amide bonds. The van der Waals surface area contributed by atoms with E-state index in [1.54, 1.807) is 11.3 Å². The molecule has 0 aliphatic rings. The summed E-state index contributed by atoms with van der Waals surface area (Å²) in [6.45, 7) is 4.29. The van der Waals surface area contributed by atoms with Crippen molar-refractivity contribution in [2.75, 3.05) is 0 Å². The van der Waals surface area contributed by atoms with Gasteiger partial charge < -0.3 is 0 Å². The van der Waals surface area contributed by atoms with E-state index in [0.29, 0.717) is 0 Å². The van der Waals surface area contributed by atoms with Crippen molar-refractivity contribution in [3.05, 3.63) is 35.7 Å². The number of fused-ring (bicyclic) bond motifs is 3. The Morgan fingerprint density at radius 1 is 1.18 bits per heavy atom. The summed E-state index contributed by atoms with van der Waals surface area (Å²) in [6.07, 6.45) is 3.90. The first kappa shape index (κ1) is 10.7.